The van der Waals surface area contributed by atoms with Crippen LogP contribution in [-0.2, 0) is 67.5 Å². The number of rotatable bonds is 28. The SMILES string of the molecule is CCCC(C)(C)OOC(=O)OCC(C)(COC(=O)OCC(C)(COC(=O)OOC(C)(C)CCC)COC(=O)OOC(C)(C)CCC)COC(=O)OOC(C)(C)CCC. The zero-order valence-corrected chi connectivity index (χ0v) is 37.2. The molecule has 0 spiro atoms. The molecule has 0 rings (SSSR count). The maximum Gasteiger partial charge on any atom is 0.540 e. The molecule has 0 N–H and O–H groups in total. The van der Waals surface area contributed by atoms with E-state index in [9.17, 15) is 24.0 Å². The summed E-state index contributed by atoms with van der Waals surface area (Å²) < 4.78 is 31.4. The van der Waals surface area contributed by atoms with Gasteiger partial charge in [-0.05, 0) is 94.9 Å². The molecule has 0 aliphatic carbocycles. The summed E-state index contributed by atoms with van der Waals surface area (Å²) in [5.41, 5.74) is -5.93. The summed E-state index contributed by atoms with van der Waals surface area (Å²) in [5.74, 6) is 0. The molecule has 0 aromatic heterocycles. The van der Waals surface area contributed by atoms with E-state index in [4.69, 9.17) is 67.5 Å². The molecular weight excluding hydrogens is 772 g/mol. The molecule has 58 heavy (non-hydrogen) atoms. The highest BCUT2D eigenvalue weighted by Crippen LogP contribution is 2.25. The predicted octanol–water partition coefficient (Wildman–Crippen LogP) is 9.81. The fourth-order valence-corrected chi connectivity index (χ4v) is 4.95. The Morgan fingerprint density at radius 1 is 0.310 bits per heavy atom. The third-order valence-electron chi connectivity index (χ3n) is 7.98. The van der Waals surface area contributed by atoms with E-state index in [0.29, 0.717) is 25.7 Å². The van der Waals surface area contributed by atoms with Crippen molar-refractivity contribution in [2.75, 3.05) is 39.6 Å². The van der Waals surface area contributed by atoms with Crippen LogP contribution in [0, 0.1) is 10.8 Å². The Balaban J connectivity index is 5.77. The van der Waals surface area contributed by atoms with Crippen LogP contribution >= 0.6 is 0 Å². The molecule has 0 bridgehead atoms. The van der Waals surface area contributed by atoms with Crippen molar-refractivity contribution < 1.29 is 91.5 Å². The van der Waals surface area contributed by atoms with Gasteiger partial charge in [0, 0.05) is 0 Å². The Hall–Kier alpha value is -3.81. The lowest BCUT2D eigenvalue weighted by atomic mass is 9.94. The number of carbonyl (C=O) groups excluding carboxylic acids is 5. The van der Waals surface area contributed by atoms with Gasteiger partial charge in [0.2, 0.25) is 0 Å². The van der Waals surface area contributed by atoms with Crippen LogP contribution in [0.5, 0.6) is 0 Å². The third-order valence-corrected chi connectivity index (χ3v) is 7.98. The normalized spacial score (nSPS) is 12.5. The lowest BCUT2D eigenvalue weighted by Crippen LogP contribution is -2.39. The van der Waals surface area contributed by atoms with Gasteiger partial charge in [-0.3, -0.25) is 19.6 Å². The molecule has 340 valence electrons. The lowest BCUT2D eigenvalue weighted by molar-refractivity contribution is -0.321. The van der Waals surface area contributed by atoms with Crippen molar-refractivity contribution in [2.24, 2.45) is 10.8 Å². The van der Waals surface area contributed by atoms with Crippen LogP contribution < -0.4 is 0 Å². The number of hydrogen-bond acceptors (Lipinski definition) is 19. The molecule has 0 heterocycles. The Labute approximate surface area is 343 Å². The van der Waals surface area contributed by atoms with Gasteiger partial charge in [0.25, 0.3) is 0 Å². The van der Waals surface area contributed by atoms with E-state index in [-0.39, 0.29) is 0 Å². The highest BCUT2D eigenvalue weighted by Gasteiger charge is 2.36. The molecular formula is C39H70O19. The van der Waals surface area contributed by atoms with Crippen molar-refractivity contribution >= 4 is 30.8 Å². The van der Waals surface area contributed by atoms with E-state index in [2.05, 4.69) is 0 Å². The Bertz CT molecular complexity index is 1080. The van der Waals surface area contributed by atoms with Crippen LogP contribution in [0.3, 0.4) is 0 Å². The molecule has 19 nitrogen and oxygen atoms in total. The van der Waals surface area contributed by atoms with E-state index in [1.165, 1.54) is 13.8 Å². The monoisotopic (exact) mass is 842 g/mol. The van der Waals surface area contributed by atoms with Crippen LogP contribution in [0.25, 0.3) is 0 Å². The first-order valence-corrected chi connectivity index (χ1v) is 19.6. The van der Waals surface area contributed by atoms with E-state index in [0.717, 1.165) is 25.7 Å². The van der Waals surface area contributed by atoms with Gasteiger partial charge < -0.3 is 28.4 Å². The van der Waals surface area contributed by atoms with E-state index in [1.807, 2.05) is 27.7 Å². The second-order valence-electron chi connectivity index (χ2n) is 17.3. The number of ether oxygens (including phenoxy) is 6. The summed E-state index contributed by atoms with van der Waals surface area (Å²) in [7, 11) is 0. The van der Waals surface area contributed by atoms with Gasteiger partial charge in [0.1, 0.15) is 62.0 Å². The molecule has 0 aliphatic rings. The summed E-state index contributed by atoms with van der Waals surface area (Å²) in [6.45, 7) is 21.5. The smallest absolute Gasteiger partial charge is 0.433 e. The quantitative estimate of drug-likeness (QED) is 0.0310. The Morgan fingerprint density at radius 3 is 0.655 bits per heavy atom. The van der Waals surface area contributed by atoms with Gasteiger partial charge in [0.05, 0.1) is 10.8 Å². The molecule has 0 saturated heterocycles. The van der Waals surface area contributed by atoms with E-state index < -0.39 is 104 Å². The van der Waals surface area contributed by atoms with Gasteiger partial charge in [0.15, 0.2) is 0 Å². The summed E-state index contributed by atoms with van der Waals surface area (Å²) in [6.07, 6.45) is -0.620. The minimum atomic E-state index is -1.39. The van der Waals surface area contributed by atoms with Crippen molar-refractivity contribution in [1.82, 2.24) is 0 Å². The second-order valence-corrected chi connectivity index (χ2v) is 17.3. The van der Waals surface area contributed by atoms with Gasteiger partial charge in [-0.15, -0.1) is 0 Å². The van der Waals surface area contributed by atoms with E-state index in [1.54, 1.807) is 55.4 Å². The summed E-state index contributed by atoms with van der Waals surface area (Å²) in [6, 6.07) is 0. The zero-order chi connectivity index (χ0) is 44.7. The first kappa shape index (κ1) is 54.2. The summed E-state index contributed by atoms with van der Waals surface area (Å²) in [4.78, 5) is 102. The number of carbonyl (C=O) groups is 5. The predicted molar refractivity (Wildman–Crippen MR) is 204 cm³/mol. The summed E-state index contributed by atoms with van der Waals surface area (Å²) >= 11 is 0. The fraction of sp³-hybridized carbons (Fsp3) is 0.872. The van der Waals surface area contributed by atoms with Gasteiger partial charge in [-0.2, -0.15) is 19.6 Å². The van der Waals surface area contributed by atoms with Crippen LogP contribution in [-0.4, -0.2) is 92.8 Å². The van der Waals surface area contributed by atoms with Crippen LogP contribution in [0.4, 0.5) is 24.0 Å². The number of hydrogen-bond donors (Lipinski definition) is 0. The van der Waals surface area contributed by atoms with Crippen LogP contribution in [0.2, 0.25) is 0 Å². The van der Waals surface area contributed by atoms with Crippen molar-refractivity contribution in [1.29, 1.82) is 0 Å². The maximum atomic E-state index is 12.9. The molecule has 0 unspecified atom stereocenters. The van der Waals surface area contributed by atoms with Gasteiger partial charge in [-0.1, -0.05) is 53.4 Å². The minimum Gasteiger partial charge on any atom is -0.433 e. The van der Waals surface area contributed by atoms with Crippen molar-refractivity contribution in [3.05, 3.63) is 0 Å². The minimum absolute atomic E-state index is 0.496. The first-order valence-electron chi connectivity index (χ1n) is 19.6. The Morgan fingerprint density at radius 2 is 0.483 bits per heavy atom. The largest absolute Gasteiger partial charge is 0.540 e. The molecule has 0 aromatic carbocycles. The fourth-order valence-electron chi connectivity index (χ4n) is 4.95. The average molecular weight is 843 g/mol. The molecule has 0 aliphatic heterocycles. The van der Waals surface area contributed by atoms with Crippen molar-refractivity contribution in [3.8, 4) is 0 Å². The molecule has 0 saturated carbocycles. The first-order chi connectivity index (χ1) is 26.7. The molecule has 0 atom stereocenters. The highest BCUT2D eigenvalue weighted by atomic mass is 17.3. The second kappa shape index (κ2) is 25.6. The van der Waals surface area contributed by atoms with Gasteiger partial charge >= 0.3 is 30.8 Å². The molecule has 0 radical (unpaired) electrons. The molecule has 0 aromatic rings. The maximum absolute atomic E-state index is 12.9. The van der Waals surface area contributed by atoms with Gasteiger partial charge in [-0.25, -0.2) is 24.0 Å². The topological polar surface area (TPSA) is 215 Å². The molecule has 19 heteroatoms. The van der Waals surface area contributed by atoms with Crippen molar-refractivity contribution in [3.63, 3.8) is 0 Å². The Kier molecular flexibility index (Phi) is 23.9. The highest BCUT2D eigenvalue weighted by molar-refractivity contribution is 5.61. The van der Waals surface area contributed by atoms with E-state index >= 15 is 0 Å². The average Bonchev–Trinajstić information content (AvgIpc) is 3.13. The third kappa shape index (κ3) is 26.2. The van der Waals surface area contributed by atoms with Crippen LogP contribution in [0.1, 0.15) is 148 Å². The molecule has 0 amide bonds. The van der Waals surface area contributed by atoms with Crippen molar-refractivity contribution in [2.45, 2.75) is 171 Å². The van der Waals surface area contributed by atoms with Crippen LogP contribution in [0.15, 0.2) is 0 Å². The lowest BCUT2D eigenvalue weighted by Gasteiger charge is -2.29. The zero-order valence-electron chi connectivity index (χ0n) is 37.2. The summed E-state index contributed by atoms with van der Waals surface area (Å²) in [5, 5.41) is 0. The molecule has 0 fully saturated rings. The standard InChI is InChI=1S/C39H70O19/c1-15-19-34(5,6)55-51-30(41)47-25-38(13,26-48-31(42)52-56-35(7,8)20-16-2)23-45-29(40)46-24-39(14,27-49-32(43)53-57-36(9,10)21-17-3)28-50-33(44)54-58-37(11,12)22-18-4/h15-28H2,1-14H3.